The lowest BCUT2D eigenvalue weighted by molar-refractivity contribution is -0.385. The Morgan fingerprint density at radius 1 is 1.00 bits per heavy atom. The molecule has 2 N–H and O–H groups in total. The SMILES string of the molecule is O=[N+]([O-])c1ccccc1C=NNc1nc(Nc2ccccc2)nc(N2CCOCC2)n1. The molecule has 2 heterocycles. The van der Waals surface area contributed by atoms with Crippen molar-refractivity contribution in [1.29, 1.82) is 0 Å². The Labute approximate surface area is 178 Å². The van der Waals surface area contributed by atoms with Gasteiger partial charge in [0.05, 0.1) is 29.9 Å². The van der Waals surface area contributed by atoms with Gasteiger partial charge in [-0.25, -0.2) is 5.43 Å². The largest absolute Gasteiger partial charge is 0.378 e. The summed E-state index contributed by atoms with van der Waals surface area (Å²) in [7, 11) is 0. The summed E-state index contributed by atoms with van der Waals surface area (Å²) in [4.78, 5) is 26.0. The topological polar surface area (TPSA) is 131 Å². The van der Waals surface area contributed by atoms with E-state index in [1.165, 1.54) is 12.3 Å². The van der Waals surface area contributed by atoms with Crippen LogP contribution < -0.4 is 15.6 Å². The van der Waals surface area contributed by atoms with Gasteiger partial charge in [0.2, 0.25) is 17.8 Å². The highest BCUT2D eigenvalue weighted by Gasteiger charge is 2.17. The number of hydrazone groups is 1. The van der Waals surface area contributed by atoms with Crippen molar-refractivity contribution in [3.05, 3.63) is 70.3 Å². The van der Waals surface area contributed by atoms with Gasteiger partial charge in [-0.3, -0.25) is 10.1 Å². The lowest BCUT2D eigenvalue weighted by Gasteiger charge is -2.27. The number of benzene rings is 2. The van der Waals surface area contributed by atoms with Crippen molar-refractivity contribution in [3.8, 4) is 0 Å². The Morgan fingerprint density at radius 3 is 2.48 bits per heavy atom. The van der Waals surface area contributed by atoms with Gasteiger partial charge in [-0.15, -0.1) is 0 Å². The van der Waals surface area contributed by atoms with Gasteiger partial charge >= 0.3 is 0 Å². The molecular weight excluding hydrogens is 400 g/mol. The number of aromatic nitrogens is 3. The van der Waals surface area contributed by atoms with E-state index in [2.05, 4.69) is 30.8 Å². The Bertz CT molecular complexity index is 1070. The maximum atomic E-state index is 11.2. The third-order valence-electron chi connectivity index (χ3n) is 4.45. The molecule has 11 nitrogen and oxygen atoms in total. The second-order valence-electron chi connectivity index (χ2n) is 6.56. The zero-order chi connectivity index (χ0) is 21.5. The van der Waals surface area contributed by atoms with E-state index in [9.17, 15) is 10.1 Å². The van der Waals surface area contributed by atoms with E-state index in [0.717, 1.165) is 5.69 Å². The third-order valence-corrected chi connectivity index (χ3v) is 4.45. The third kappa shape index (κ3) is 5.28. The number of ether oxygens (including phenoxy) is 1. The Balaban J connectivity index is 1.58. The monoisotopic (exact) mass is 420 g/mol. The van der Waals surface area contributed by atoms with Crippen molar-refractivity contribution in [3.63, 3.8) is 0 Å². The number of para-hydroxylation sites is 2. The van der Waals surface area contributed by atoms with Gasteiger partial charge in [0.15, 0.2) is 0 Å². The molecule has 1 saturated heterocycles. The molecule has 2 aromatic carbocycles. The van der Waals surface area contributed by atoms with E-state index >= 15 is 0 Å². The number of rotatable bonds is 7. The number of nitro benzene ring substituents is 1. The molecule has 1 aliphatic heterocycles. The van der Waals surface area contributed by atoms with E-state index in [0.29, 0.717) is 43.8 Å². The summed E-state index contributed by atoms with van der Waals surface area (Å²) in [5, 5.41) is 18.4. The van der Waals surface area contributed by atoms with Gasteiger partial charge in [0.1, 0.15) is 0 Å². The number of nitrogens with one attached hydrogen (secondary N) is 2. The minimum atomic E-state index is -0.456. The number of hydrogen-bond donors (Lipinski definition) is 2. The van der Waals surface area contributed by atoms with E-state index in [4.69, 9.17) is 4.74 Å². The second-order valence-corrected chi connectivity index (χ2v) is 6.56. The molecule has 31 heavy (non-hydrogen) atoms. The lowest BCUT2D eigenvalue weighted by Crippen LogP contribution is -2.37. The first kappa shape index (κ1) is 20.2. The van der Waals surface area contributed by atoms with Crippen LogP contribution in [0.3, 0.4) is 0 Å². The van der Waals surface area contributed by atoms with Crippen LogP contribution in [0.15, 0.2) is 59.7 Å². The van der Waals surface area contributed by atoms with Crippen LogP contribution >= 0.6 is 0 Å². The summed E-state index contributed by atoms with van der Waals surface area (Å²) in [6, 6.07) is 15.9. The average molecular weight is 420 g/mol. The minimum absolute atomic E-state index is 0.0378. The Hall–Kier alpha value is -4.12. The first-order valence-electron chi connectivity index (χ1n) is 9.62. The van der Waals surface area contributed by atoms with Gasteiger partial charge in [-0.1, -0.05) is 30.3 Å². The highest BCUT2D eigenvalue weighted by atomic mass is 16.6. The molecule has 1 aliphatic rings. The number of anilines is 4. The van der Waals surface area contributed by atoms with E-state index in [1.54, 1.807) is 18.2 Å². The Morgan fingerprint density at radius 2 is 1.71 bits per heavy atom. The van der Waals surface area contributed by atoms with E-state index in [1.807, 2.05) is 35.2 Å². The molecular formula is C20H20N8O3. The van der Waals surface area contributed by atoms with Crippen molar-refractivity contribution in [2.24, 2.45) is 5.10 Å². The summed E-state index contributed by atoms with van der Waals surface area (Å²) >= 11 is 0. The Kier molecular flexibility index (Phi) is 6.24. The number of morpholine rings is 1. The molecule has 0 unspecified atom stereocenters. The van der Waals surface area contributed by atoms with Gasteiger partial charge in [-0.2, -0.15) is 20.1 Å². The minimum Gasteiger partial charge on any atom is -0.378 e. The van der Waals surface area contributed by atoms with Crippen molar-refractivity contribution in [1.82, 2.24) is 15.0 Å². The van der Waals surface area contributed by atoms with Crippen LogP contribution in [0.5, 0.6) is 0 Å². The molecule has 0 aliphatic carbocycles. The van der Waals surface area contributed by atoms with Crippen molar-refractivity contribution < 1.29 is 9.66 Å². The molecule has 4 rings (SSSR count). The van der Waals surface area contributed by atoms with Crippen molar-refractivity contribution in [2.45, 2.75) is 0 Å². The van der Waals surface area contributed by atoms with Crippen LogP contribution in [0.2, 0.25) is 0 Å². The molecule has 0 amide bonds. The second kappa shape index (κ2) is 9.59. The number of nitrogens with zero attached hydrogens (tertiary/aromatic N) is 6. The molecule has 1 fully saturated rings. The van der Waals surface area contributed by atoms with Crippen LogP contribution in [0, 0.1) is 10.1 Å². The molecule has 0 radical (unpaired) electrons. The predicted molar refractivity (Wildman–Crippen MR) is 117 cm³/mol. The number of nitro groups is 1. The summed E-state index contributed by atoms with van der Waals surface area (Å²) in [6.45, 7) is 2.50. The molecule has 1 aromatic heterocycles. The highest BCUT2D eigenvalue weighted by Crippen LogP contribution is 2.19. The maximum Gasteiger partial charge on any atom is 0.278 e. The quantitative estimate of drug-likeness (QED) is 0.336. The highest BCUT2D eigenvalue weighted by molar-refractivity contribution is 5.85. The lowest BCUT2D eigenvalue weighted by atomic mass is 10.2. The van der Waals surface area contributed by atoms with Crippen LogP contribution in [-0.2, 0) is 4.74 Å². The zero-order valence-electron chi connectivity index (χ0n) is 16.5. The van der Waals surface area contributed by atoms with Crippen LogP contribution in [0.4, 0.5) is 29.2 Å². The molecule has 3 aromatic rings. The van der Waals surface area contributed by atoms with E-state index in [-0.39, 0.29) is 11.6 Å². The van der Waals surface area contributed by atoms with Gasteiger partial charge in [0.25, 0.3) is 5.69 Å². The maximum absolute atomic E-state index is 11.2. The summed E-state index contributed by atoms with van der Waals surface area (Å²) in [5.41, 5.74) is 3.91. The van der Waals surface area contributed by atoms with Crippen LogP contribution in [0.1, 0.15) is 5.56 Å². The average Bonchev–Trinajstić information content (AvgIpc) is 2.80. The fourth-order valence-electron chi connectivity index (χ4n) is 2.95. The van der Waals surface area contributed by atoms with E-state index < -0.39 is 4.92 Å². The molecule has 11 heteroatoms. The van der Waals surface area contributed by atoms with Gasteiger partial charge in [0, 0.05) is 24.8 Å². The zero-order valence-corrected chi connectivity index (χ0v) is 16.5. The predicted octanol–water partition coefficient (Wildman–Crippen LogP) is 2.81. The van der Waals surface area contributed by atoms with Crippen LogP contribution in [-0.4, -0.2) is 52.4 Å². The first-order valence-corrected chi connectivity index (χ1v) is 9.62. The van der Waals surface area contributed by atoms with Crippen molar-refractivity contribution >= 4 is 35.4 Å². The van der Waals surface area contributed by atoms with Gasteiger partial charge < -0.3 is 15.0 Å². The normalized spacial score (nSPS) is 13.9. The summed E-state index contributed by atoms with van der Waals surface area (Å²) < 4.78 is 5.40. The molecule has 158 valence electrons. The summed E-state index contributed by atoms with van der Waals surface area (Å²) in [6.07, 6.45) is 1.36. The standard InChI is InChI=1S/C20H20N8O3/c29-28(30)17-9-5-4-6-15(17)14-21-26-19-23-18(22-16-7-2-1-3-8-16)24-20(25-19)27-10-12-31-13-11-27/h1-9,14H,10-13H2,(H2,22,23,24,25,26). The summed E-state index contributed by atoms with van der Waals surface area (Å²) in [5.74, 6) is 1.05. The first-order chi connectivity index (χ1) is 15.2. The smallest absolute Gasteiger partial charge is 0.278 e. The fraction of sp³-hybridized carbons (Fsp3) is 0.200. The van der Waals surface area contributed by atoms with Gasteiger partial charge in [-0.05, 0) is 18.2 Å². The van der Waals surface area contributed by atoms with Crippen molar-refractivity contribution in [2.75, 3.05) is 41.9 Å². The van der Waals surface area contributed by atoms with Crippen LogP contribution in [0.25, 0.3) is 0 Å². The molecule has 0 saturated carbocycles. The molecule has 0 spiro atoms. The molecule has 0 atom stereocenters. The number of hydrogen-bond acceptors (Lipinski definition) is 10. The fourth-order valence-corrected chi connectivity index (χ4v) is 2.95. The molecule has 0 bridgehead atoms.